The smallest absolute Gasteiger partial charge is 0.185 e. The van der Waals surface area contributed by atoms with E-state index in [1.165, 1.54) is 6.42 Å². The first kappa shape index (κ1) is 11.0. The predicted molar refractivity (Wildman–Crippen MR) is 64.0 cm³/mol. The molecule has 0 saturated heterocycles. The molecular weight excluding hydrogens is 202 g/mol. The Bertz CT molecular complexity index is 383. The molecule has 0 amide bonds. The van der Waals surface area contributed by atoms with Crippen molar-refractivity contribution in [2.24, 2.45) is 0 Å². The van der Waals surface area contributed by atoms with Crippen molar-refractivity contribution in [1.29, 1.82) is 0 Å². The zero-order chi connectivity index (χ0) is 11.4. The molecule has 1 aliphatic carbocycles. The maximum absolute atomic E-state index is 11.8. The van der Waals surface area contributed by atoms with Crippen molar-refractivity contribution in [3.05, 3.63) is 35.0 Å². The summed E-state index contributed by atoms with van der Waals surface area (Å²) in [7, 11) is 0. The van der Waals surface area contributed by atoms with Crippen LogP contribution in [-0.2, 0) is 0 Å². The van der Waals surface area contributed by atoms with Crippen molar-refractivity contribution in [2.45, 2.75) is 32.2 Å². The standard InChI is InChI=1S/C13H17NO2/c1-2-16-13-9-4-3-6-11(13)10-14(15)12-7-5-8-12/h3-4,6,9-10,12H,2,5,7-8H2,1H3. The Morgan fingerprint density at radius 1 is 1.44 bits per heavy atom. The third-order valence-electron chi connectivity index (χ3n) is 2.92. The van der Waals surface area contributed by atoms with Crippen LogP contribution >= 0.6 is 0 Å². The molecule has 1 saturated carbocycles. The summed E-state index contributed by atoms with van der Waals surface area (Å²) in [5, 5.41) is 11.8. The van der Waals surface area contributed by atoms with E-state index in [0.29, 0.717) is 6.61 Å². The van der Waals surface area contributed by atoms with Gasteiger partial charge in [0.15, 0.2) is 12.3 Å². The van der Waals surface area contributed by atoms with E-state index in [9.17, 15) is 5.21 Å². The molecule has 1 aromatic carbocycles. The molecule has 3 nitrogen and oxygen atoms in total. The molecule has 0 aromatic heterocycles. The highest BCUT2D eigenvalue weighted by Gasteiger charge is 2.24. The van der Waals surface area contributed by atoms with Crippen LogP contribution in [0.25, 0.3) is 0 Å². The molecule has 0 spiro atoms. The minimum Gasteiger partial charge on any atom is -0.624 e. The maximum atomic E-state index is 11.8. The van der Waals surface area contributed by atoms with E-state index in [1.54, 1.807) is 6.21 Å². The topological polar surface area (TPSA) is 35.3 Å². The molecule has 1 aromatic rings. The summed E-state index contributed by atoms with van der Waals surface area (Å²) in [4.78, 5) is 0. The van der Waals surface area contributed by atoms with Crippen LogP contribution in [0.5, 0.6) is 5.75 Å². The summed E-state index contributed by atoms with van der Waals surface area (Å²) in [5.74, 6) is 0.783. The zero-order valence-electron chi connectivity index (χ0n) is 9.56. The molecule has 3 heteroatoms. The molecule has 0 N–H and O–H groups in total. The summed E-state index contributed by atoms with van der Waals surface area (Å²) in [6.07, 6.45) is 4.84. The third kappa shape index (κ3) is 2.35. The van der Waals surface area contributed by atoms with Crippen molar-refractivity contribution in [2.75, 3.05) is 6.61 Å². The first-order valence-electron chi connectivity index (χ1n) is 5.83. The van der Waals surface area contributed by atoms with Gasteiger partial charge in [0.25, 0.3) is 0 Å². The molecule has 2 rings (SSSR count). The number of rotatable bonds is 4. The van der Waals surface area contributed by atoms with Crippen LogP contribution in [0, 0.1) is 5.21 Å². The lowest BCUT2D eigenvalue weighted by Crippen LogP contribution is -2.29. The Kier molecular flexibility index (Phi) is 3.44. The van der Waals surface area contributed by atoms with E-state index in [1.807, 2.05) is 31.2 Å². The van der Waals surface area contributed by atoms with Gasteiger partial charge in [0.1, 0.15) is 5.75 Å². The minimum absolute atomic E-state index is 0.176. The summed E-state index contributed by atoms with van der Waals surface area (Å²) >= 11 is 0. The molecule has 0 atom stereocenters. The average molecular weight is 219 g/mol. The predicted octanol–water partition coefficient (Wildman–Crippen LogP) is 2.57. The van der Waals surface area contributed by atoms with Crippen LogP contribution < -0.4 is 4.74 Å². The zero-order valence-corrected chi connectivity index (χ0v) is 9.56. The maximum Gasteiger partial charge on any atom is 0.185 e. The lowest BCUT2D eigenvalue weighted by Gasteiger charge is -2.23. The fourth-order valence-electron chi connectivity index (χ4n) is 1.76. The van der Waals surface area contributed by atoms with Gasteiger partial charge in [-0.05, 0) is 25.5 Å². The van der Waals surface area contributed by atoms with E-state index >= 15 is 0 Å². The van der Waals surface area contributed by atoms with Crippen LogP contribution in [0.4, 0.5) is 0 Å². The van der Waals surface area contributed by atoms with Crippen LogP contribution in [0.3, 0.4) is 0 Å². The molecule has 0 unspecified atom stereocenters. The van der Waals surface area contributed by atoms with E-state index in [0.717, 1.165) is 28.9 Å². The van der Waals surface area contributed by atoms with Gasteiger partial charge in [0, 0.05) is 12.8 Å². The van der Waals surface area contributed by atoms with Gasteiger partial charge in [0.05, 0.1) is 12.2 Å². The van der Waals surface area contributed by atoms with E-state index < -0.39 is 0 Å². The largest absolute Gasteiger partial charge is 0.624 e. The van der Waals surface area contributed by atoms with Gasteiger partial charge in [-0.1, -0.05) is 12.1 Å². The van der Waals surface area contributed by atoms with Crippen molar-refractivity contribution in [3.63, 3.8) is 0 Å². The number of nitrogens with zero attached hydrogens (tertiary/aromatic N) is 1. The SMILES string of the molecule is CCOc1ccccc1C=[N+]([O-])C1CCC1. The Labute approximate surface area is 95.9 Å². The lowest BCUT2D eigenvalue weighted by molar-refractivity contribution is -0.510. The van der Waals surface area contributed by atoms with Crippen LogP contribution in [0.15, 0.2) is 24.3 Å². The van der Waals surface area contributed by atoms with Gasteiger partial charge in [0.2, 0.25) is 0 Å². The summed E-state index contributed by atoms with van der Waals surface area (Å²) in [6.45, 7) is 2.56. The summed E-state index contributed by atoms with van der Waals surface area (Å²) in [5.41, 5.74) is 0.867. The molecular formula is C13H17NO2. The second-order valence-electron chi connectivity index (χ2n) is 4.04. The van der Waals surface area contributed by atoms with Crippen molar-refractivity contribution in [3.8, 4) is 5.75 Å². The summed E-state index contributed by atoms with van der Waals surface area (Å²) < 4.78 is 6.54. The molecule has 1 fully saturated rings. The van der Waals surface area contributed by atoms with E-state index in [4.69, 9.17) is 4.74 Å². The van der Waals surface area contributed by atoms with Gasteiger partial charge in [-0.2, -0.15) is 0 Å². The Morgan fingerprint density at radius 3 is 2.81 bits per heavy atom. The first-order valence-corrected chi connectivity index (χ1v) is 5.83. The number of para-hydroxylation sites is 1. The van der Waals surface area contributed by atoms with Gasteiger partial charge < -0.3 is 9.94 Å². The Morgan fingerprint density at radius 2 is 2.19 bits per heavy atom. The molecule has 0 aliphatic heterocycles. The fraction of sp³-hybridized carbons (Fsp3) is 0.462. The number of hydrogen-bond donors (Lipinski definition) is 0. The second-order valence-corrected chi connectivity index (χ2v) is 4.04. The highest BCUT2D eigenvalue weighted by molar-refractivity contribution is 5.80. The first-order chi connectivity index (χ1) is 7.81. The normalized spacial score (nSPS) is 16.9. The summed E-state index contributed by atoms with van der Waals surface area (Å²) in [6, 6.07) is 7.82. The van der Waals surface area contributed by atoms with Gasteiger partial charge in [-0.15, -0.1) is 0 Å². The second kappa shape index (κ2) is 5.01. The lowest BCUT2D eigenvalue weighted by atomic mass is 9.93. The van der Waals surface area contributed by atoms with Crippen molar-refractivity contribution >= 4 is 6.21 Å². The highest BCUT2D eigenvalue weighted by atomic mass is 16.5. The number of ether oxygens (including phenoxy) is 1. The Balaban J connectivity index is 2.18. The number of hydrogen-bond acceptors (Lipinski definition) is 2. The minimum atomic E-state index is 0.176. The number of hydroxylamine groups is 1. The third-order valence-corrected chi connectivity index (χ3v) is 2.92. The molecule has 0 radical (unpaired) electrons. The van der Waals surface area contributed by atoms with Gasteiger partial charge in [-0.25, -0.2) is 4.74 Å². The van der Waals surface area contributed by atoms with E-state index in [-0.39, 0.29) is 6.04 Å². The van der Waals surface area contributed by atoms with Crippen molar-refractivity contribution < 1.29 is 9.48 Å². The number of benzene rings is 1. The van der Waals surface area contributed by atoms with E-state index in [2.05, 4.69) is 0 Å². The molecule has 0 heterocycles. The fourth-order valence-corrected chi connectivity index (χ4v) is 1.76. The average Bonchev–Trinajstić information content (AvgIpc) is 2.18. The van der Waals surface area contributed by atoms with Gasteiger partial charge >= 0.3 is 0 Å². The van der Waals surface area contributed by atoms with Crippen LogP contribution in [0.2, 0.25) is 0 Å². The van der Waals surface area contributed by atoms with Crippen LogP contribution in [0.1, 0.15) is 31.7 Å². The molecule has 16 heavy (non-hydrogen) atoms. The molecule has 1 aliphatic rings. The quantitative estimate of drug-likeness (QED) is 0.337. The molecule has 0 bridgehead atoms. The van der Waals surface area contributed by atoms with Crippen LogP contribution in [-0.4, -0.2) is 23.6 Å². The van der Waals surface area contributed by atoms with Crippen molar-refractivity contribution in [1.82, 2.24) is 0 Å². The monoisotopic (exact) mass is 219 g/mol. The van der Waals surface area contributed by atoms with Gasteiger partial charge in [-0.3, -0.25) is 0 Å². The Hall–Kier alpha value is -1.51. The highest BCUT2D eigenvalue weighted by Crippen LogP contribution is 2.22. The molecule has 86 valence electrons.